The van der Waals surface area contributed by atoms with E-state index in [-0.39, 0.29) is 31.1 Å². The van der Waals surface area contributed by atoms with Crippen LogP contribution in [0.4, 0.5) is 4.79 Å². The zero-order chi connectivity index (χ0) is 14.5. The molecule has 1 aliphatic carbocycles. The van der Waals surface area contributed by atoms with Gasteiger partial charge in [-0.3, -0.25) is 4.79 Å². The highest BCUT2D eigenvalue weighted by Gasteiger charge is 2.37. The van der Waals surface area contributed by atoms with Gasteiger partial charge in [0.15, 0.2) is 0 Å². The van der Waals surface area contributed by atoms with Crippen molar-refractivity contribution in [3.63, 3.8) is 0 Å². The number of carboxylic acids is 1. The van der Waals surface area contributed by atoms with Gasteiger partial charge in [-0.05, 0) is 38.5 Å². The van der Waals surface area contributed by atoms with Crippen molar-refractivity contribution >= 4 is 12.0 Å². The number of piperidine rings is 1. The van der Waals surface area contributed by atoms with Gasteiger partial charge in [-0.2, -0.15) is 0 Å². The van der Waals surface area contributed by atoms with Crippen LogP contribution >= 0.6 is 0 Å². The molecule has 0 bridgehead atoms. The van der Waals surface area contributed by atoms with Crippen molar-refractivity contribution in [2.45, 2.75) is 57.0 Å². The maximum Gasteiger partial charge on any atom is 0.320 e. The molecule has 0 radical (unpaired) electrons. The molecule has 1 heterocycles. The first-order valence-electron chi connectivity index (χ1n) is 7.53. The molecule has 0 aromatic rings. The Morgan fingerprint density at radius 3 is 2.55 bits per heavy atom. The number of nitrogens with zero attached hydrogens (tertiary/aromatic N) is 2. The normalized spacial score (nSPS) is 22.6. The molecule has 2 aliphatic rings. The Morgan fingerprint density at radius 2 is 1.95 bits per heavy atom. The van der Waals surface area contributed by atoms with Gasteiger partial charge < -0.3 is 20.0 Å². The molecule has 1 atom stereocenters. The van der Waals surface area contributed by atoms with E-state index >= 15 is 0 Å². The number of carbonyl (C=O) groups excluding carboxylic acids is 1. The summed E-state index contributed by atoms with van der Waals surface area (Å²) >= 11 is 0. The molecule has 0 aromatic heterocycles. The van der Waals surface area contributed by atoms with Gasteiger partial charge in [0.1, 0.15) is 0 Å². The molecule has 6 nitrogen and oxygen atoms in total. The lowest BCUT2D eigenvalue weighted by Gasteiger charge is -2.39. The van der Waals surface area contributed by atoms with E-state index in [1.807, 2.05) is 4.90 Å². The molecule has 20 heavy (non-hydrogen) atoms. The van der Waals surface area contributed by atoms with Gasteiger partial charge in [0.2, 0.25) is 0 Å². The molecule has 1 aliphatic heterocycles. The lowest BCUT2D eigenvalue weighted by atomic mass is 9.98. The number of aliphatic hydroxyl groups excluding tert-OH is 1. The summed E-state index contributed by atoms with van der Waals surface area (Å²) in [5.74, 6) is -0.808. The predicted molar refractivity (Wildman–Crippen MR) is 73.4 cm³/mol. The lowest BCUT2D eigenvalue weighted by Crippen LogP contribution is -2.51. The highest BCUT2D eigenvalue weighted by molar-refractivity contribution is 5.76. The van der Waals surface area contributed by atoms with E-state index < -0.39 is 5.97 Å². The van der Waals surface area contributed by atoms with Crippen LogP contribution in [0.3, 0.4) is 0 Å². The van der Waals surface area contributed by atoms with E-state index in [1.54, 1.807) is 4.90 Å². The Morgan fingerprint density at radius 1 is 1.20 bits per heavy atom. The van der Waals surface area contributed by atoms with Crippen molar-refractivity contribution in [1.82, 2.24) is 9.80 Å². The topological polar surface area (TPSA) is 81.1 Å². The average Bonchev–Trinajstić information content (AvgIpc) is 3.26. The summed E-state index contributed by atoms with van der Waals surface area (Å²) in [4.78, 5) is 26.9. The highest BCUT2D eigenvalue weighted by Crippen LogP contribution is 2.30. The number of hydrogen-bond donors (Lipinski definition) is 2. The first-order chi connectivity index (χ1) is 9.63. The Labute approximate surface area is 119 Å². The smallest absolute Gasteiger partial charge is 0.320 e. The summed E-state index contributed by atoms with van der Waals surface area (Å²) < 4.78 is 0. The first kappa shape index (κ1) is 15.1. The number of carboxylic acid groups (broad SMARTS) is 1. The molecule has 1 saturated heterocycles. The largest absolute Gasteiger partial charge is 0.481 e. The maximum atomic E-state index is 12.6. The van der Waals surface area contributed by atoms with Crippen LogP contribution in [0.1, 0.15) is 44.9 Å². The number of likely N-dealkylation sites (tertiary alicyclic amines) is 1. The summed E-state index contributed by atoms with van der Waals surface area (Å²) in [6.45, 7) is 1.07. The molecule has 0 aromatic carbocycles. The Balaban J connectivity index is 1.97. The Bertz CT molecular complexity index is 357. The summed E-state index contributed by atoms with van der Waals surface area (Å²) in [6.07, 6.45) is 5.58. The summed E-state index contributed by atoms with van der Waals surface area (Å²) in [6, 6.07) is 0.292. The third-order valence-corrected chi connectivity index (χ3v) is 4.14. The van der Waals surface area contributed by atoms with Crippen LogP contribution in [0, 0.1) is 0 Å². The van der Waals surface area contributed by atoms with Crippen molar-refractivity contribution in [3.8, 4) is 0 Å². The van der Waals surface area contributed by atoms with Crippen molar-refractivity contribution in [2.24, 2.45) is 0 Å². The number of aliphatic carboxylic acids is 1. The minimum Gasteiger partial charge on any atom is -0.481 e. The zero-order valence-electron chi connectivity index (χ0n) is 11.8. The van der Waals surface area contributed by atoms with Gasteiger partial charge in [-0.1, -0.05) is 0 Å². The second kappa shape index (κ2) is 6.92. The fourth-order valence-corrected chi connectivity index (χ4v) is 2.94. The van der Waals surface area contributed by atoms with Gasteiger partial charge >= 0.3 is 12.0 Å². The molecule has 0 spiro atoms. The summed E-state index contributed by atoms with van der Waals surface area (Å²) in [5.41, 5.74) is 0. The molecule has 2 rings (SSSR count). The number of hydrogen-bond acceptors (Lipinski definition) is 3. The number of urea groups is 1. The van der Waals surface area contributed by atoms with Gasteiger partial charge in [-0.15, -0.1) is 0 Å². The molecular formula is C14H24N2O4. The fraction of sp³-hybridized carbons (Fsp3) is 0.857. The van der Waals surface area contributed by atoms with Gasteiger partial charge in [0.05, 0.1) is 6.61 Å². The van der Waals surface area contributed by atoms with E-state index in [1.165, 1.54) is 0 Å². The maximum absolute atomic E-state index is 12.6. The van der Waals surface area contributed by atoms with Gasteiger partial charge in [-0.25, -0.2) is 4.79 Å². The van der Waals surface area contributed by atoms with E-state index in [2.05, 4.69) is 0 Å². The van der Waals surface area contributed by atoms with Crippen LogP contribution in [0.2, 0.25) is 0 Å². The van der Waals surface area contributed by atoms with Crippen molar-refractivity contribution < 1.29 is 19.8 Å². The highest BCUT2D eigenvalue weighted by atomic mass is 16.4. The van der Waals surface area contributed by atoms with Crippen LogP contribution in [-0.2, 0) is 4.79 Å². The second-order valence-corrected chi connectivity index (χ2v) is 5.71. The SMILES string of the molecule is O=C(O)CCC1CCCCN1C(=O)N(CCO)C1CC1. The third-order valence-electron chi connectivity index (χ3n) is 4.14. The summed E-state index contributed by atoms with van der Waals surface area (Å²) in [7, 11) is 0. The quantitative estimate of drug-likeness (QED) is 0.770. The van der Waals surface area contributed by atoms with E-state index in [0.29, 0.717) is 19.5 Å². The molecule has 114 valence electrons. The predicted octanol–water partition coefficient (Wildman–Crippen LogP) is 1.28. The second-order valence-electron chi connectivity index (χ2n) is 5.71. The van der Waals surface area contributed by atoms with Gasteiger partial charge in [0.25, 0.3) is 0 Å². The van der Waals surface area contributed by atoms with Crippen LogP contribution in [0.15, 0.2) is 0 Å². The molecule has 6 heteroatoms. The number of rotatable bonds is 6. The number of carbonyl (C=O) groups is 2. The molecular weight excluding hydrogens is 260 g/mol. The molecule has 1 saturated carbocycles. The van der Waals surface area contributed by atoms with Gasteiger partial charge in [0, 0.05) is 31.6 Å². The van der Waals surface area contributed by atoms with Crippen LogP contribution in [-0.4, -0.2) is 63.8 Å². The Kier molecular flexibility index (Phi) is 5.23. The molecule has 2 amide bonds. The number of aliphatic hydroxyl groups is 1. The molecule has 2 fully saturated rings. The third kappa shape index (κ3) is 3.85. The van der Waals surface area contributed by atoms with E-state index in [4.69, 9.17) is 10.2 Å². The zero-order valence-corrected chi connectivity index (χ0v) is 11.8. The van der Waals surface area contributed by atoms with Crippen LogP contribution < -0.4 is 0 Å². The Hall–Kier alpha value is -1.30. The average molecular weight is 284 g/mol. The monoisotopic (exact) mass is 284 g/mol. The molecule has 2 N–H and O–H groups in total. The van der Waals surface area contributed by atoms with E-state index in [9.17, 15) is 9.59 Å². The first-order valence-corrected chi connectivity index (χ1v) is 7.53. The van der Waals surface area contributed by atoms with Crippen molar-refractivity contribution in [2.75, 3.05) is 19.7 Å². The molecule has 1 unspecified atom stereocenters. The van der Waals surface area contributed by atoms with E-state index in [0.717, 1.165) is 32.1 Å². The lowest BCUT2D eigenvalue weighted by molar-refractivity contribution is -0.137. The van der Waals surface area contributed by atoms with Crippen molar-refractivity contribution in [3.05, 3.63) is 0 Å². The minimum atomic E-state index is -0.808. The fourth-order valence-electron chi connectivity index (χ4n) is 2.94. The number of amides is 2. The summed E-state index contributed by atoms with van der Waals surface area (Å²) in [5, 5.41) is 17.9. The van der Waals surface area contributed by atoms with Crippen molar-refractivity contribution in [1.29, 1.82) is 0 Å². The van der Waals surface area contributed by atoms with Crippen LogP contribution in [0.25, 0.3) is 0 Å². The van der Waals surface area contributed by atoms with Crippen LogP contribution in [0.5, 0.6) is 0 Å². The standard InChI is InChI=1S/C14H24N2O4/c17-10-9-16(12-4-5-12)14(20)15-8-2-1-3-11(15)6-7-13(18)19/h11-12,17H,1-10H2,(H,18,19). The minimum absolute atomic E-state index is 0.0170.